The smallest absolute Gasteiger partial charge is 0.336 e. The van der Waals surface area contributed by atoms with Gasteiger partial charge in [0.2, 0.25) is 0 Å². The van der Waals surface area contributed by atoms with Crippen molar-refractivity contribution in [2.24, 2.45) is 0 Å². The number of halogens is 2. The summed E-state index contributed by atoms with van der Waals surface area (Å²) in [6.07, 6.45) is 0. The molecule has 0 aliphatic carbocycles. The predicted molar refractivity (Wildman–Crippen MR) is 192 cm³/mol. The van der Waals surface area contributed by atoms with E-state index in [4.69, 9.17) is 64.7 Å². The summed E-state index contributed by atoms with van der Waals surface area (Å²) in [7, 11) is 0. The Hall–Kier alpha value is -3.62. The number of hydrogen-bond acceptors (Lipinski definition) is 8. The van der Waals surface area contributed by atoms with E-state index in [1.165, 1.54) is 12.1 Å². The van der Waals surface area contributed by atoms with Crippen molar-refractivity contribution in [3.63, 3.8) is 0 Å². The Labute approximate surface area is 283 Å². The molecule has 0 unspecified atom stereocenters. The van der Waals surface area contributed by atoms with Gasteiger partial charge in [-0.25, -0.2) is 18.5 Å². The molecule has 46 heavy (non-hydrogen) atoms. The highest BCUT2D eigenvalue weighted by Gasteiger charge is 2.64. The maximum atomic E-state index is 12.2. The van der Waals surface area contributed by atoms with Crippen LogP contribution in [0.4, 0.5) is 11.4 Å². The molecule has 0 radical (unpaired) electrons. The molecular formula is C32H22Cl2N2O6P2S2. The van der Waals surface area contributed by atoms with Gasteiger partial charge in [0.1, 0.15) is 22.7 Å². The SMILES string of the molecule is Cc1cc(=O)oc2cc(OP3(=S)N(c4ccccc4Cl)P(=S)(Oc4ccc5c(C)cc(=O)oc5c4)N3c3ccccc3Cl)ccc12. The van der Waals surface area contributed by atoms with Gasteiger partial charge in [-0.3, -0.25) is 0 Å². The minimum Gasteiger partial charge on any atom is -0.433 e. The van der Waals surface area contributed by atoms with Crippen LogP contribution in [0.15, 0.2) is 115 Å². The molecule has 6 aromatic rings. The topological polar surface area (TPSA) is 85.4 Å². The van der Waals surface area contributed by atoms with Crippen molar-refractivity contribution in [1.82, 2.24) is 0 Å². The molecular weight excluding hydrogens is 705 g/mol. The zero-order chi connectivity index (χ0) is 32.4. The Morgan fingerprint density at radius 1 is 0.609 bits per heavy atom. The van der Waals surface area contributed by atoms with Gasteiger partial charge in [-0.15, -0.1) is 0 Å². The number of hydrogen-bond donors (Lipinski definition) is 0. The van der Waals surface area contributed by atoms with Crippen molar-refractivity contribution in [3.8, 4) is 11.5 Å². The summed E-state index contributed by atoms with van der Waals surface area (Å²) in [4.78, 5) is 24.4. The van der Waals surface area contributed by atoms with Crippen LogP contribution in [-0.2, 0) is 23.6 Å². The molecule has 0 atom stereocenters. The number of anilines is 2. The van der Waals surface area contributed by atoms with Crippen LogP contribution in [-0.4, -0.2) is 0 Å². The van der Waals surface area contributed by atoms with E-state index in [0.717, 1.165) is 21.9 Å². The Kier molecular flexibility index (Phi) is 7.80. The minimum atomic E-state index is -3.40. The van der Waals surface area contributed by atoms with Crippen LogP contribution in [0, 0.1) is 13.8 Å². The first kappa shape index (κ1) is 31.0. The highest BCUT2D eigenvalue weighted by atomic mass is 35.5. The van der Waals surface area contributed by atoms with Gasteiger partial charge in [0.15, 0.2) is 0 Å². The van der Waals surface area contributed by atoms with Gasteiger partial charge in [-0.05, 0) is 97.1 Å². The first-order valence-corrected chi connectivity index (χ1v) is 19.8. The molecule has 7 rings (SSSR count). The Morgan fingerprint density at radius 2 is 1.00 bits per heavy atom. The van der Waals surface area contributed by atoms with E-state index in [-0.39, 0.29) is 0 Å². The van der Waals surface area contributed by atoms with Gasteiger partial charge < -0.3 is 17.9 Å². The molecule has 8 nitrogen and oxygen atoms in total. The summed E-state index contributed by atoms with van der Waals surface area (Å²) in [5, 5.41) is 2.29. The van der Waals surface area contributed by atoms with E-state index in [1.54, 1.807) is 81.7 Å². The van der Waals surface area contributed by atoms with Crippen LogP contribution >= 0.6 is 36.3 Å². The fourth-order valence-corrected chi connectivity index (χ4v) is 18.3. The number of fused-ring (bicyclic) bond motifs is 2. The third kappa shape index (κ3) is 5.14. The third-order valence-electron chi connectivity index (χ3n) is 7.39. The average molecular weight is 728 g/mol. The second-order valence-corrected chi connectivity index (χ2v) is 18.7. The maximum absolute atomic E-state index is 12.2. The molecule has 1 saturated heterocycles. The summed E-state index contributed by atoms with van der Waals surface area (Å²) in [6.45, 7) is -3.13. The quantitative estimate of drug-likeness (QED) is 0.122. The molecule has 0 amide bonds. The van der Waals surface area contributed by atoms with Crippen LogP contribution in [0.2, 0.25) is 10.0 Å². The Bertz CT molecular complexity index is 2250. The van der Waals surface area contributed by atoms with Crippen molar-refractivity contribution in [2.45, 2.75) is 13.8 Å². The van der Waals surface area contributed by atoms with Gasteiger partial charge in [0.25, 0.3) is 0 Å². The highest BCUT2D eigenvalue weighted by Crippen LogP contribution is 2.87. The Balaban J connectivity index is 1.42. The number of benzene rings is 4. The van der Waals surface area contributed by atoms with Crippen LogP contribution in [0.1, 0.15) is 11.1 Å². The molecule has 232 valence electrons. The predicted octanol–water partition coefficient (Wildman–Crippen LogP) is 9.76. The molecule has 1 fully saturated rings. The lowest BCUT2D eigenvalue weighted by Crippen LogP contribution is -2.47. The van der Waals surface area contributed by atoms with E-state index < -0.39 is 24.4 Å². The highest BCUT2D eigenvalue weighted by molar-refractivity contribution is 8.34. The molecule has 0 N–H and O–H groups in total. The van der Waals surface area contributed by atoms with E-state index in [0.29, 0.717) is 44.1 Å². The molecule has 0 spiro atoms. The standard InChI is InChI=1S/C32H22Cl2N2O6P2S2/c1-19-15-31(37)39-29-17-21(11-13-23(19)29)41-43(45)35(27-9-5-3-7-25(27)33)44(46,36(43)28-10-6-4-8-26(28)34)42-22-12-14-24-20(2)16-32(38)40-30(24)18-22/h3-18H,1-2H3. The average Bonchev–Trinajstić information content (AvgIpc) is 2.98. The summed E-state index contributed by atoms with van der Waals surface area (Å²) in [6, 6.07) is 27.5. The van der Waals surface area contributed by atoms with Crippen molar-refractivity contribution >= 4 is 93.3 Å². The molecule has 4 aromatic carbocycles. The zero-order valence-electron chi connectivity index (χ0n) is 24.0. The summed E-state index contributed by atoms with van der Waals surface area (Å²) in [5.74, 6) is 0.700. The lowest BCUT2D eigenvalue weighted by Gasteiger charge is -2.59. The van der Waals surface area contributed by atoms with Gasteiger partial charge in [0.05, 0.1) is 21.4 Å². The monoisotopic (exact) mass is 726 g/mol. The molecule has 0 bridgehead atoms. The van der Waals surface area contributed by atoms with E-state index in [2.05, 4.69) is 0 Å². The van der Waals surface area contributed by atoms with Gasteiger partial charge in [-0.2, -0.15) is 0 Å². The number of para-hydroxylation sites is 2. The van der Waals surface area contributed by atoms with Crippen molar-refractivity contribution in [2.75, 3.05) is 8.88 Å². The van der Waals surface area contributed by atoms with Crippen LogP contribution in [0.5, 0.6) is 11.5 Å². The molecule has 3 heterocycles. The second kappa shape index (κ2) is 11.6. The van der Waals surface area contributed by atoms with Crippen molar-refractivity contribution in [3.05, 3.63) is 139 Å². The summed E-state index contributed by atoms with van der Waals surface area (Å²) < 4.78 is 28.0. The molecule has 1 aliphatic rings. The lowest BCUT2D eigenvalue weighted by molar-refractivity contribution is 0.550. The molecule has 14 heteroatoms. The third-order valence-corrected chi connectivity index (χ3v) is 18.5. The van der Waals surface area contributed by atoms with Crippen LogP contribution in [0.3, 0.4) is 0 Å². The van der Waals surface area contributed by atoms with Gasteiger partial charge in [-0.1, -0.05) is 47.5 Å². The van der Waals surface area contributed by atoms with Gasteiger partial charge in [0, 0.05) is 35.0 Å². The lowest BCUT2D eigenvalue weighted by atomic mass is 10.1. The van der Waals surface area contributed by atoms with E-state index in [9.17, 15) is 9.59 Å². The Morgan fingerprint density at radius 3 is 1.39 bits per heavy atom. The number of aryl methyl sites for hydroxylation is 2. The fourth-order valence-electron chi connectivity index (χ4n) is 5.34. The fraction of sp³-hybridized carbons (Fsp3) is 0.0625. The van der Waals surface area contributed by atoms with Crippen molar-refractivity contribution in [1.29, 1.82) is 0 Å². The first-order chi connectivity index (χ1) is 22.0. The zero-order valence-corrected chi connectivity index (χ0v) is 29.0. The first-order valence-electron chi connectivity index (χ1n) is 13.8. The second-order valence-electron chi connectivity index (χ2n) is 10.5. The number of nitrogens with zero attached hydrogens (tertiary/aromatic N) is 2. The minimum absolute atomic E-state index is 0.349. The molecule has 2 aromatic heterocycles. The summed E-state index contributed by atoms with van der Waals surface area (Å²) >= 11 is 26.5. The largest absolute Gasteiger partial charge is 0.433 e. The van der Waals surface area contributed by atoms with E-state index in [1.807, 2.05) is 26.0 Å². The summed E-state index contributed by atoms with van der Waals surface area (Å²) in [5.41, 5.74) is 2.32. The number of rotatable bonds is 6. The normalized spacial score (nSPS) is 19.3. The molecule has 1 aliphatic heterocycles. The van der Waals surface area contributed by atoms with Crippen LogP contribution < -0.4 is 29.2 Å². The molecule has 0 saturated carbocycles. The van der Waals surface area contributed by atoms with Crippen molar-refractivity contribution < 1.29 is 17.9 Å². The maximum Gasteiger partial charge on any atom is 0.336 e. The van der Waals surface area contributed by atoms with E-state index >= 15 is 0 Å². The van der Waals surface area contributed by atoms with Gasteiger partial charge >= 0.3 is 24.4 Å². The van der Waals surface area contributed by atoms with Crippen LogP contribution in [0.25, 0.3) is 21.9 Å².